The molecule has 0 aliphatic carbocycles. The second kappa shape index (κ2) is 0.870. The van der Waals surface area contributed by atoms with Crippen LogP contribution in [0, 0.1) is 0 Å². The van der Waals surface area contributed by atoms with Crippen LogP contribution in [0.25, 0.3) is 0 Å². The summed E-state index contributed by atoms with van der Waals surface area (Å²) in [7, 11) is 0. The van der Waals surface area contributed by atoms with Gasteiger partial charge in [0.2, 0.25) is 0 Å². The molecular weight excluding hydrogens is 128 g/mol. The van der Waals surface area contributed by atoms with Crippen LogP contribution in [-0.4, -0.2) is 21.4 Å². The predicted octanol–water partition coefficient (Wildman–Crippen LogP) is 0.900. The Morgan fingerprint density at radius 3 is 1.86 bits per heavy atom. The van der Waals surface area contributed by atoms with E-state index < -0.39 is 0 Å². The molecule has 0 radical (unpaired) electrons. The maximum atomic E-state index is 5.44. The third kappa shape index (κ3) is 0.339. The van der Waals surface area contributed by atoms with Gasteiger partial charge in [-0.3, -0.25) is 0 Å². The van der Waals surface area contributed by atoms with Crippen LogP contribution < -0.4 is 0 Å². The van der Waals surface area contributed by atoms with Crippen molar-refractivity contribution in [2.24, 2.45) is 0 Å². The summed E-state index contributed by atoms with van der Waals surface area (Å²) >= 11 is 3.97. The van der Waals surface area contributed by atoms with Crippen molar-refractivity contribution in [2.45, 2.75) is 21.4 Å². The Balaban J connectivity index is 2.02. The monoisotopic (exact) mass is 132 g/mol. The van der Waals surface area contributed by atoms with Crippen LogP contribution in [0.2, 0.25) is 0 Å². The normalized spacial score (nSPS) is 72.0. The highest BCUT2D eigenvalue weighted by Crippen LogP contribution is 2.66. The van der Waals surface area contributed by atoms with E-state index in [9.17, 15) is 0 Å². The Morgan fingerprint density at radius 1 is 1.00 bits per heavy atom. The molecule has 0 bridgehead atoms. The highest BCUT2D eigenvalue weighted by Gasteiger charge is 2.65. The smallest absolute Gasteiger partial charge is 0.118 e. The zero-order chi connectivity index (χ0) is 4.43. The first kappa shape index (κ1) is 3.64. The average molecular weight is 132 g/mol. The molecule has 4 unspecified atom stereocenters. The van der Waals surface area contributed by atoms with Gasteiger partial charge in [0.05, 0.1) is 10.5 Å². The molecule has 0 aromatic carbocycles. The summed E-state index contributed by atoms with van der Waals surface area (Å²) in [4.78, 5) is 0. The first-order valence-electron chi connectivity index (χ1n) is 2.41. The van der Waals surface area contributed by atoms with Crippen molar-refractivity contribution >= 4 is 23.5 Å². The molecule has 1 nitrogen and oxygen atoms in total. The summed E-state index contributed by atoms with van der Waals surface area (Å²) in [5.41, 5.74) is 1.27. The summed E-state index contributed by atoms with van der Waals surface area (Å²) in [6, 6.07) is 0. The summed E-state index contributed by atoms with van der Waals surface area (Å²) in [5, 5.41) is 1.82. The number of fused-ring (bicyclic) bond motifs is 3. The molecule has 0 N–H and O–H groups in total. The van der Waals surface area contributed by atoms with Gasteiger partial charge in [0.25, 0.3) is 0 Å². The molecule has 3 heteroatoms. The topological polar surface area (TPSA) is 9.23 Å². The molecule has 3 aliphatic rings. The highest BCUT2D eigenvalue weighted by molar-refractivity contribution is 8.13. The lowest BCUT2D eigenvalue weighted by Gasteiger charge is -1.86. The Hall–Kier alpha value is 0.660. The zero-order valence-corrected chi connectivity index (χ0v) is 5.17. The Kier molecular flexibility index (Phi) is 0.453. The minimum Gasteiger partial charge on any atom is -0.351 e. The third-order valence-corrected chi connectivity index (χ3v) is 4.16. The maximum Gasteiger partial charge on any atom is 0.118 e. The van der Waals surface area contributed by atoms with E-state index in [1.807, 2.05) is 23.5 Å². The summed E-state index contributed by atoms with van der Waals surface area (Å²) in [5.74, 6) is 0. The lowest BCUT2D eigenvalue weighted by molar-refractivity contribution is 0.177. The number of hydrogen-bond donors (Lipinski definition) is 0. The van der Waals surface area contributed by atoms with Crippen LogP contribution in [-0.2, 0) is 4.74 Å². The van der Waals surface area contributed by atoms with Crippen molar-refractivity contribution in [1.29, 1.82) is 0 Å². The molecule has 7 heavy (non-hydrogen) atoms. The van der Waals surface area contributed by atoms with Crippen LogP contribution in [0.5, 0.6) is 0 Å². The minimum absolute atomic E-state index is 0.635. The second-order valence-corrected chi connectivity index (χ2v) is 4.64. The molecule has 0 spiro atoms. The Labute approximate surface area is 50.2 Å². The van der Waals surface area contributed by atoms with Gasteiger partial charge in [-0.1, -0.05) is 0 Å². The van der Waals surface area contributed by atoms with Gasteiger partial charge in [0, 0.05) is 0 Å². The maximum absolute atomic E-state index is 5.44. The quantitative estimate of drug-likeness (QED) is 0.453. The van der Waals surface area contributed by atoms with Crippen LogP contribution >= 0.6 is 23.5 Å². The van der Waals surface area contributed by atoms with E-state index in [0.717, 1.165) is 10.5 Å². The molecule has 3 rings (SSSR count). The fraction of sp³-hybridized carbons (Fsp3) is 1.00. The third-order valence-electron chi connectivity index (χ3n) is 1.56. The fourth-order valence-electron chi connectivity index (χ4n) is 1.03. The van der Waals surface area contributed by atoms with Gasteiger partial charge < -0.3 is 4.74 Å². The first-order chi connectivity index (χ1) is 3.45. The van der Waals surface area contributed by atoms with Crippen molar-refractivity contribution in [3.8, 4) is 0 Å². The molecule has 3 heterocycles. The molecule has 4 atom stereocenters. The van der Waals surface area contributed by atoms with Gasteiger partial charge in [-0.05, 0) is 0 Å². The van der Waals surface area contributed by atoms with Crippen molar-refractivity contribution in [1.82, 2.24) is 0 Å². The van der Waals surface area contributed by atoms with Crippen LogP contribution in [0.4, 0.5) is 0 Å². The number of rotatable bonds is 0. The second-order valence-electron chi connectivity index (χ2n) is 2.07. The molecule has 0 aromatic heterocycles. The van der Waals surface area contributed by atoms with E-state index in [0.29, 0.717) is 10.9 Å². The molecule has 3 fully saturated rings. The summed E-state index contributed by atoms with van der Waals surface area (Å²) in [6.07, 6.45) is 0. The van der Waals surface area contributed by atoms with Crippen LogP contribution in [0.15, 0.2) is 0 Å². The van der Waals surface area contributed by atoms with E-state index in [1.54, 1.807) is 0 Å². The number of thioether (sulfide) groups is 2. The minimum atomic E-state index is 0.635. The summed E-state index contributed by atoms with van der Waals surface area (Å²) < 4.78 is 5.44. The van der Waals surface area contributed by atoms with E-state index in [2.05, 4.69) is 0 Å². The highest BCUT2D eigenvalue weighted by atomic mass is 32.2. The van der Waals surface area contributed by atoms with E-state index in [4.69, 9.17) is 4.74 Å². The zero-order valence-electron chi connectivity index (χ0n) is 3.53. The average Bonchev–Trinajstić information content (AvgIpc) is 2.47. The SMILES string of the molecule is O1C2SC2C2SC12. The molecule has 0 aromatic rings. The lowest BCUT2D eigenvalue weighted by atomic mass is 10.4. The number of ether oxygens (including phenoxy) is 1. The van der Waals surface area contributed by atoms with E-state index >= 15 is 0 Å². The van der Waals surface area contributed by atoms with Crippen LogP contribution in [0.3, 0.4) is 0 Å². The molecule has 38 valence electrons. The standard InChI is InChI=1S/C4H4OS2/c5-3-1(6-3)2-4(5)7-2/h1-4H. The van der Waals surface area contributed by atoms with Gasteiger partial charge in [-0.25, -0.2) is 0 Å². The Bertz CT molecular complexity index is 113. The molecule has 0 amide bonds. The molecule has 3 aliphatic heterocycles. The largest absolute Gasteiger partial charge is 0.351 e. The van der Waals surface area contributed by atoms with Gasteiger partial charge in [-0.15, -0.1) is 23.5 Å². The lowest BCUT2D eigenvalue weighted by Crippen LogP contribution is -1.88. The van der Waals surface area contributed by atoms with Crippen molar-refractivity contribution < 1.29 is 4.74 Å². The van der Waals surface area contributed by atoms with Crippen LogP contribution in [0.1, 0.15) is 0 Å². The van der Waals surface area contributed by atoms with Crippen molar-refractivity contribution in [3.05, 3.63) is 0 Å². The van der Waals surface area contributed by atoms with Gasteiger partial charge in [0.1, 0.15) is 10.9 Å². The van der Waals surface area contributed by atoms with Gasteiger partial charge in [0.15, 0.2) is 0 Å². The number of hydrogen-bond acceptors (Lipinski definition) is 3. The molecule has 0 saturated carbocycles. The van der Waals surface area contributed by atoms with Crippen molar-refractivity contribution in [2.75, 3.05) is 0 Å². The predicted molar refractivity (Wildman–Crippen MR) is 31.4 cm³/mol. The van der Waals surface area contributed by atoms with E-state index in [-0.39, 0.29) is 0 Å². The molecule has 3 saturated heterocycles. The van der Waals surface area contributed by atoms with Crippen molar-refractivity contribution in [3.63, 3.8) is 0 Å². The van der Waals surface area contributed by atoms with Gasteiger partial charge in [-0.2, -0.15) is 0 Å². The molecular formula is C4H4OS2. The Morgan fingerprint density at radius 2 is 1.57 bits per heavy atom. The summed E-state index contributed by atoms with van der Waals surface area (Å²) in [6.45, 7) is 0. The van der Waals surface area contributed by atoms with E-state index in [1.165, 1.54) is 0 Å². The first-order valence-corrected chi connectivity index (χ1v) is 4.30. The van der Waals surface area contributed by atoms with Gasteiger partial charge >= 0.3 is 0 Å². The fourth-order valence-corrected chi connectivity index (χ4v) is 3.56.